The number of halogens is 1. The SMILES string of the molecule is COc1cc(-n2nc(Cl)cc2-c2ccc(S(C)(=O)=O)cc2)ccc1[N+](=O)[O-]. The number of rotatable bonds is 5. The number of hydrogen-bond donors (Lipinski definition) is 0. The third-order valence-electron chi connectivity index (χ3n) is 3.86. The van der Waals surface area contributed by atoms with Gasteiger partial charge in [0.05, 0.1) is 28.3 Å². The van der Waals surface area contributed by atoms with Crippen molar-refractivity contribution in [2.45, 2.75) is 4.90 Å². The Morgan fingerprint density at radius 1 is 1.15 bits per heavy atom. The largest absolute Gasteiger partial charge is 0.490 e. The van der Waals surface area contributed by atoms with Gasteiger partial charge >= 0.3 is 5.69 Å². The van der Waals surface area contributed by atoms with Crippen LogP contribution in [0.15, 0.2) is 53.4 Å². The van der Waals surface area contributed by atoms with E-state index in [0.717, 1.165) is 6.26 Å². The van der Waals surface area contributed by atoms with Crippen LogP contribution in [-0.2, 0) is 9.84 Å². The number of ether oxygens (including phenoxy) is 1. The summed E-state index contributed by atoms with van der Waals surface area (Å²) < 4.78 is 29.8. The lowest BCUT2D eigenvalue weighted by Gasteiger charge is -2.10. The highest BCUT2D eigenvalue weighted by Gasteiger charge is 2.18. The van der Waals surface area contributed by atoms with Crippen molar-refractivity contribution in [2.24, 2.45) is 0 Å². The minimum absolute atomic E-state index is 0.0856. The van der Waals surface area contributed by atoms with Crippen molar-refractivity contribution in [2.75, 3.05) is 13.4 Å². The molecular weight excluding hydrogens is 394 g/mol. The van der Waals surface area contributed by atoms with Crippen LogP contribution in [0.3, 0.4) is 0 Å². The molecule has 0 bridgehead atoms. The van der Waals surface area contributed by atoms with Crippen molar-refractivity contribution in [3.05, 3.63) is 63.8 Å². The highest BCUT2D eigenvalue weighted by molar-refractivity contribution is 7.90. The molecule has 10 heteroatoms. The number of benzene rings is 2. The molecule has 0 spiro atoms. The summed E-state index contributed by atoms with van der Waals surface area (Å²) in [6.07, 6.45) is 1.13. The summed E-state index contributed by atoms with van der Waals surface area (Å²) in [6, 6.07) is 12.2. The topological polar surface area (TPSA) is 104 Å². The van der Waals surface area contributed by atoms with E-state index in [4.69, 9.17) is 16.3 Å². The number of methoxy groups -OCH3 is 1. The van der Waals surface area contributed by atoms with Gasteiger partial charge in [-0.3, -0.25) is 10.1 Å². The Morgan fingerprint density at radius 2 is 1.81 bits per heavy atom. The number of hydrogen-bond acceptors (Lipinski definition) is 6. The molecule has 0 unspecified atom stereocenters. The smallest absolute Gasteiger partial charge is 0.311 e. The van der Waals surface area contributed by atoms with Crippen molar-refractivity contribution in [3.8, 4) is 22.7 Å². The molecule has 0 aliphatic heterocycles. The Hall–Kier alpha value is -2.91. The fourth-order valence-electron chi connectivity index (χ4n) is 2.58. The zero-order chi connectivity index (χ0) is 19.8. The summed E-state index contributed by atoms with van der Waals surface area (Å²) in [7, 11) is -1.97. The maximum atomic E-state index is 11.6. The van der Waals surface area contributed by atoms with Gasteiger partial charge in [0.25, 0.3) is 0 Å². The predicted molar refractivity (Wildman–Crippen MR) is 100 cm³/mol. The summed E-state index contributed by atoms with van der Waals surface area (Å²) in [6.45, 7) is 0. The van der Waals surface area contributed by atoms with Gasteiger partial charge in [0.1, 0.15) is 0 Å². The first-order valence-electron chi connectivity index (χ1n) is 7.59. The van der Waals surface area contributed by atoms with E-state index in [2.05, 4.69) is 5.10 Å². The number of sulfone groups is 1. The van der Waals surface area contributed by atoms with E-state index >= 15 is 0 Å². The molecule has 1 heterocycles. The van der Waals surface area contributed by atoms with Crippen LogP contribution in [0.1, 0.15) is 0 Å². The van der Waals surface area contributed by atoms with Gasteiger partial charge in [-0.1, -0.05) is 23.7 Å². The van der Waals surface area contributed by atoms with Crippen LogP contribution >= 0.6 is 11.6 Å². The Balaban J connectivity index is 2.11. The van der Waals surface area contributed by atoms with Gasteiger partial charge in [-0.05, 0) is 18.2 Å². The fourth-order valence-corrected chi connectivity index (χ4v) is 3.39. The molecule has 0 radical (unpaired) electrons. The summed E-state index contributed by atoms with van der Waals surface area (Å²) in [4.78, 5) is 10.7. The van der Waals surface area contributed by atoms with Crippen molar-refractivity contribution in [1.82, 2.24) is 9.78 Å². The Labute approximate surface area is 160 Å². The third kappa shape index (κ3) is 3.79. The first-order chi connectivity index (χ1) is 12.7. The van der Waals surface area contributed by atoms with Crippen molar-refractivity contribution < 1.29 is 18.1 Å². The number of aromatic nitrogens is 2. The van der Waals surface area contributed by atoms with Gasteiger partial charge in [-0.15, -0.1) is 0 Å². The zero-order valence-electron chi connectivity index (χ0n) is 14.3. The monoisotopic (exact) mass is 407 g/mol. The van der Waals surface area contributed by atoms with E-state index in [9.17, 15) is 18.5 Å². The molecule has 0 aliphatic carbocycles. The summed E-state index contributed by atoms with van der Waals surface area (Å²) in [5.74, 6) is 0.0856. The molecule has 0 saturated heterocycles. The third-order valence-corrected chi connectivity index (χ3v) is 5.18. The highest BCUT2D eigenvalue weighted by Crippen LogP contribution is 2.32. The maximum Gasteiger partial charge on any atom is 0.311 e. The van der Waals surface area contributed by atoms with Gasteiger partial charge in [0, 0.05) is 30.0 Å². The van der Waals surface area contributed by atoms with Crippen LogP contribution in [0.5, 0.6) is 5.75 Å². The van der Waals surface area contributed by atoms with E-state index < -0.39 is 14.8 Å². The lowest BCUT2D eigenvalue weighted by Crippen LogP contribution is -2.02. The summed E-state index contributed by atoms with van der Waals surface area (Å²) >= 11 is 6.06. The molecule has 0 amide bonds. The minimum Gasteiger partial charge on any atom is -0.490 e. The molecule has 140 valence electrons. The molecule has 0 saturated carbocycles. The first kappa shape index (κ1) is 18.9. The van der Waals surface area contributed by atoms with E-state index in [1.165, 1.54) is 42.1 Å². The molecular formula is C17H14ClN3O5S. The van der Waals surface area contributed by atoms with Gasteiger partial charge < -0.3 is 4.74 Å². The second kappa shape index (κ2) is 7.01. The Bertz CT molecular complexity index is 1120. The van der Waals surface area contributed by atoms with Gasteiger partial charge in [0.15, 0.2) is 20.7 Å². The lowest BCUT2D eigenvalue weighted by atomic mass is 10.1. The van der Waals surface area contributed by atoms with E-state index in [1.807, 2.05) is 0 Å². The average Bonchev–Trinajstić information content (AvgIpc) is 3.02. The number of nitrogens with zero attached hydrogens (tertiary/aromatic N) is 3. The summed E-state index contributed by atoms with van der Waals surface area (Å²) in [5.41, 5.74) is 1.61. The second-order valence-corrected chi connectivity index (χ2v) is 8.08. The minimum atomic E-state index is -3.31. The van der Waals surface area contributed by atoms with Gasteiger partial charge in [-0.2, -0.15) is 5.10 Å². The molecule has 3 aromatic rings. The number of nitro groups is 1. The van der Waals surface area contributed by atoms with Crippen LogP contribution in [-0.4, -0.2) is 36.5 Å². The molecule has 0 N–H and O–H groups in total. The van der Waals surface area contributed by atoms with Crippen LogP contribution in [0.2, 0.25) is 5.15 Å². The van der Waals surface area contributed by atoms with E-state index in [0.29, 0.717) is 16.9 Å². The Morgan fingerprint density at radius 3 is 2.37 bits per heavy atom. The van der Waals surface area contributed by atoms with Crippen LogP contribution in [0, 0.1) is 10.1 Å². The van der Waals surface area contributed by atoms with Gasteiger partial charge in [-0.25, -0.2) is 13.1 Å². The van der Waals surface area contributed by atoms with Crippen LogP contribution in [0.4, 0.5) is 5.69 Å². The van der Waals surface area contributed by atoms with E-state index in [-0.39, 0.29) is 21.5 Å². The fraction of sp³-hybridized carbons (Fsp3) is 0.118. The maximum absolute atomic E-state index is 11.6. The van der Waals surface area contributed by atoms with Gasteiger partial charge in [0.2, 0.25) is 0 Å². The van der Waals surface area contributed by atoms with Crippen LogP contribution < -0.4 is 4.74 Å². The predicted octanol–water partition coefficient (Wildman–Crippen LogP) is 3.51. The zero-order valence-corrected chi connectivity index (χ0v) is 15.9. The second-order valence-electron chi connectivity index (χ2n) is 5.67. The molecule has 27 heavy (non-hydrogen) atoms. The molecule has 8 nitrogen and oxygen atoms in total. The summed E-state index contributed by atoms with van der Waals surface area (Å²) in [5, 5.41) is 15.5. The molecule has 2 aromatic carbocycles. The quantitative estimate of drug-likeness (QED) is 0.473. The Kier molecular flexibility index (Phi) is 4.90. The number of nitro benzene ring substituents is 1. The average molecular weight is 408 g/mol. The molecule has 0 aliphatic rings. The van der Waals surface area contributed by atoms with Crippen molar-refractivity contribution in [3.63, 3.8) is 0 Å². The normalized spacial score (nSPS) is 11.4. The van der Waals surface area contributed by atoms with Crippen molar-refractivity contribution in [1.29, 1.82) is 0 Å². The lowest BCUT2D eigenvalue weighted by molar-refractivity contribution is -0.385. The standard InChI is InChI=1S/C17H14ClN3O5S/c1-26-16-9-12(5-8-14(16)21(22)23)20-15(10-17(18)19-20)11-3-6-13(7-4-11)27(2,24)25/h3-10H,1-2H3. The van der Waals surface area contributed by atoms with Crippen molar-refractivity contribution >= 4 is 27.1 Å². The highest BCUT2D eigenvalue weighted by atomic mass is 35.5. The molecule has 0 fully saturated rings. The van der Waals surface area contributed by atoms with E-state index in [1.54, 1.807) is 18.2 Å². The molecule has 3 rings (SSSR count). The van der Waals surface area contributed by atoms with Crippen LogP contribution in [0.25, 0.3) is 16.9 Å². The molecule has 0 atom stereocenters. The molecule has 1 aromatic heterocycles. The first-order valence-corrected chi connectivity index (χ1v) is 9.86.